The van der Waals surface area contributed by atoms with Crippen LogP contribution in [0, 0.1) is 28.4 Å². The Bertz CT molecular complexity index is 466. The van der Waals surface area contributed by atoms with Crippen LogP contribution in [0.1, 0.15) is 33.3 Å². The van der Waals surface area contributed by atoms with E-state index in [1.807, 2.05) is 7.05 Å². The average Bonchev–Trinajstić information content (AvgIpc) is 2.72. The van der Waals surface area contributed by atoms with Gasteiger partial charge in [0.15, 0.2) is 11.6 Å². The van der Waals surface area contributed by atoms with Crippen LogP contribution in [0.3, 0.4) is 0 Å². The second-order valence-corrected chi connectivity index (χ2v) is 6.77. The summed E-state index contributed by atoms with van der Waals surface area (Å²) in [5.74, 6) is -1.00. The second-order valence-electron chi connectivity index (χ2n) is 6.77. The Kier molecular flexibility index (Phi) is 3.46. The molecule has 1 N–H and O–H groups in total. The summed E-state index contributed by atoms with van der Waals surface area (Å²) in [5, 5.41) is 3.34. The van der Waals surface area contributed by atoms with Gasteiger partial charge in [0.2, 0.25) is 0 Å². The third-order valence-corrected chi connectivity index (χ3v) is 5.35. The molecule has 1 aromatic rings. The zero-order chi connectivity index (χ0) is 14.4. The minimum absolute atomic E-state index is 0.277. The molecule has 106 valence electrons. The molecule has 0 spiro atoms. The van der Waals surface area contributed by atoms with E-state index in [0.717, 1.165) is 12.0 Å². The maximum absolute atomic E-state index is 13.3. The highest BCUT2D eigenvalue weighted by atomic mass is 19.2. The highest BCUT2D eigenvalue weighted by Crippen LogP contribution is 2.69. The molecule has 1 atom stereocenters. The predicted molar refractivity (Wildman–Crippen MR) is 74.0 cm³/mol. The number of nitrogens with one attached hydrogen (secondary N) is 1. The molecule has 0 saturated heterocycles. The van der Waals surface area contributed by atoms with Gasteiger partial charge in [-0.15, -0.1) is 0 Å². The van der Waals surface area contributed by atoms with E-state index in [0.29, 0.717) is 5.92 Å². The number of halogens is 2. The van der Waals surface area contributed by atoms with Crippen molar-refractivity contribution in [3.05, 3.63) is 35.4 Å². The van der Waals surface area contributed by atoms with Crippen LogP contribution in [0.25, 0.3) is 0 Å². The average molecular weight is 267 g/mol. The van der Waals surface area contributed by atoms with Crippen LogP contribution < -0.4 is 5.32 Å². The molecule has 0 heterocycles. The van der Waals surface area contributed by atoms with Crippen molar-refractivity contribution >= 4 is 0 Å². The standard InChI is InChI=1S/C16H23F2N/c1-15(2)14(16(15,3)4)13(19-5)9-10-6-7-11(17)12(18)8-10/h6-8,13-14,19H,9H2,1-5H3. The maximum Gasteiger partial charge on any atom is 0.159 e. The fourth-order valence-corrected chi connectivity index (χ4v) is 3.56. The number of hydrogen-bond acceptors (Lipinski definition) is 1. The largest absolute Gasteiger partial charge is 0.316 e. The molecule has 1 unspecified atom stereocenters. The van der Waals surface area contributed by atoms with Crippen molar-refractivity contribution < 1.29 is 8.78 Å². The van der Waals surface area contributed by atoms with Crippen molar-refractivity contribution in [2.45, 2.75) is 40.2 Å². The third kappa shape index (κ3) is 2.29. The topological polar surface area (TPSA) is 12.0 Å². The number of hydrogen-bond donors (Lipinski definition) is 1. The van der Waals surface area contributed by atoms with Gasteiger partial charge < -0.3 is 5.32 Å². The van der Waals surface area contributed by atoms with Crippen LogP contribution in [0.5, 0.6) is 0 Å². The fourth-order valence-electron chi connectivity index (χ4n) is 3.56. The maximum atomic E-state index is 13.3. The summed E-state index contributed by atoms with van der Waals surface area (Å²) in [7, 11) is 1.94. The minimum Gasteiger partial charge on any atom is -0.316 e. The SMILES string of the molecule is CNC(Cc1ccc(F)c(F)c1)C1C(C)(C)C1(C)C. The Morgan fingerprint density at radius 2 is 1.68 bits per heavy atom. The highest BCUT2D eigenvalue weighted by molar-refractivity contribution is 5.23. The Morgan fingerprint density at radius 3 is 2.11 bits per heavy atom. The van der Waals surface area contributed by atoms with Gasteiger partial charge in [-0.2, -0.15) is 0 Å². The summed E-state index contributed by atoms with van der Waals surface area (Å²) >= 11 is 0. The predicted octanol–water partition coefficient (Wildman–Crippen LogP) is 3.78. The fraction of sp³-hybridized carbons (Fsp3) is 0.625. The summed E-state index contributed by atoms with van der Waals surface area (Å²) in [4.78, 5) is 0. The van der Waals surface area contributed by atoms with Crippen LogP contribution >= 0.6 is 0 Å². The van der Waals surface area contributed by atoms with E-state index in [1.54, 1.807) is 6.07 Å². The van der Waals surface area contributed by atoms with Crippen LogP contribution in [0.2, 0.25) is 0 Å². The molecule has 1 aliphatic rings. The minimum atomic E-state index is -0.781. The van der Waals surface area contributed by atoms with E-state index in [2.05, 4.69) is 33.0 Å². The molecule has 0 amide bonds. The van der Waals surface area contributed by atoms with Crippen molar-refractivity contribution in [2.75, 3.05) is 7.05 Å². The molecule has 2 rings (SSSR count). The van der Waals surface area contributed by atoms with Crippen LogP contribution in [0.15, 0.2) is 18.2 Å². The summed E-state index contributed by atoms with van der Waals surface area (Å²) < 4.78 is 26.2. The van der Waals surface area contributed by atoms with E-state index in [9.17, 15) is 8.78 Å². The molecular weight excluding hydrogens is 244 g/mol. The molecule has 1 nitrogen and oxygen atoms in total. The lowest BCUT2D eigenvalue weighted by Gasteiger charge is -2.19. The van der Waals surface area contributed by atoms with Gasteiger partial charge in [0.05, 0.1) is 0 Å². The Labute approximate surface area is 114 Å². The van der Waals surface area contributed by atoms with Crippen molar-refractivity contribution in [3.8, 4) is 0 Å². The third-order valence-electron chi connectivity index (χ3n) is 5.35. The first kappa shape index (κ1) is 14.4. The lowest BCUT2D eigenvalue weighted by Crippen LogP contribution is -2.32. The molecule has 1 fully saturated rings. The Morgan fingerprint density at radius 1 is 1.11 bits per heavy atom. The van der Waals surface area contributed by atoms with Crippen LogP contribution in [-0.2, 0) is 6.42 Å². The van der Waals surface area contributed by atoms with E-state index < -0.39 is 11.6 Å². The zero-order valence-corrected chi connectivity index (χ0v) is 12.3. The molecule has 0 bridgehead atoms. The van der Waals surface area contributed by atoms with Gasteiger partial charge in [0, 0.05) is 6.04 Å². The van der Waals surface area contributed by atoms with Gasteiger partial charge in [0.1, 0.15) is 0 Å². The van der Waals surface area contributed by atoms with Gasteiger partial charge >= 0.3 is 0 Å². The van der Waals surface area contributed by atoms with E-state index in [-0.39, 0.29) is 16.9 Å². The van der Waals surface area contributed by atoms with E-state index in [4.69, 9.17) is 0 Å². The first-order valence-corrected chi connectivity index (χ1v) is 6.83. The normalized spacial score (nSPS) is 22.3. The van der Waals surface area contributed by atoms with Gasteiger partial charge in [-0.25, -0.2) is 8.78 Å². The van der Waals surface area contributed by atoms with Crippen molar-refractivity contribution in [1.82, 2.24) is 5.32 Å². The van der Waals surface area contributed by atoms with Gasteiger partial charge in [-0.3, -0.25) is 0 Å². The van der Waals surface area contributed by atoms with Crippen molar-refractivity contribution in [3.63, 3.8) is 0 Å². The summed E-state index contributed by atoms with van der Waals surface area (Å²) in [6.07, 6.45) is 0.727. The van der Waals surface area contributed by atoms with Crippen LogP contribution in [-0.4, -0.2) is 13.1 Å². The monoisotopic (exact) mass is 267 g/mol. The zero-order valence-electron chi connectivity index (χ0n) is 12.3. The lowest BCUT2D eigenvalue weighted by molar-refractivity contribution is 0.419. The van der Waals surface area contributed by atoms with Crippen LogP contribution in [0.4, 0.5) is 8.78 Å². The molecule has 1 aromatic carbocycles. The first-order valence-electron chi connectivity index (χ1n) is 6.83. The van der Waals surface area contributed by atoms with Gasteiger partial charge in [-0.05, 0) is 47.9 Å². The summed E-state index contributed by atoms with van der Waals surface area (Å²) in [5.41, 5.74) is 1.40. The smallest absolute Gasteiger partial charge is 0.159 e. The molecule has 19 heavy (non-hydrogen) atoms. The molecule has 1 aliphatic carbocycles. The summed E-state index contributed by atoms with van der Waals surface area (Å²) in [6.45, 7) is 9.08. The molecule has 0 aromatic heterocycles. The molecule has 0 radical (unpaired) electrons. The number of rotatable bonds is 4. The Hall–Kier alpha value is -0.960. The highest BCUT2D eigenvalue weighted by Gasteiger charge is 2.66. The molecule has 1 saturated carbocycles. The van der Waals surface area contributed by atoms with E-state index >= 15 is 0 Å². The van der Waals surface area contributed by atoms with Crippen molar-refractivity contribution in [2.24, 2.45) is 16.7 Å². The van der Waals surface area contributed by atoms with E-state index in [1.165, 1.54) is 12.1 Å². The lowest BCUT2D eigenvalue weighted by atomic mass is 9.97. The first-order chi connectivity index (χ1) is 8.71. The van der Waals surface area contributed by atoms with Gasteiger partial charge in [0.25, 0.3) is 0 Å². The second kappa shape index (κ2) is 4.55. The molecular formula is C16H23F2N. The van der Waals surface area contributed by atoms with Crippen molar-refractivity contribution in [1.29, 1.82) is 0 Å². The molecule has 0 aliphatic heterocycles. The number of benzene rings is 1. The Balaban J connectivity index is 2.15. The molecule has 3 heteroatoms. The van der Waals surface area contributed by atoms with Gasteiger partial charge in [-0.1, -0.05) is 33.8 Å². The number of likely N-dealkylation sites (N-methyl/N-ethyl adjacent to an activating group) is 1. The quantitative estimate of drug-likeness (QED) is 0.875. The summed E-state index contributed by atoms with van der Waals surface area (Å²) in [6, 6.07) is 4.48.